The quantitative estimate of drug-likeness (QED) is 0.192. The van der Waals surface area contributed by atoms with Crippen LogP contribution in [-0.4, -0.2) is 51.7 Å². The molecular formula is C8H9Bi2Cl2Zr. The van der Waals surface area contributed by atoms with E-state index < -0.39 is 22.8 Å². The smallest absolute Gasteiger partial charge is 1.00 e. The summed E-state index contributed by atoms with van der Waals surface area (Å²) in [4.78, 5) is 0. The van der Waals surface area contributed by atoms with Crippen LogP contribution >= 0.6 is 0 Å². The van der Waals surface area contributed by atoms with Crippen LogP contribution < -0.4 is 24.8 Å². The van der Waals surface area contributed by atoms with Crippen LogP contribution in [0.1, 0.15) is 6.42 Å². The minimum Gasteiger partial charge on any atom is -1.00 e. The Labute approximate surface area is 139 Å². The number of halogens is 2. The van der Waals surface area contributed by atoms with Crippen molar-refractivity contribution in [3.05, 3.63) is 31.9 Å². The Hall–Kier alpha value is 2.32. The Balaban J connectivity index is -0.0000000506. The molecule has 0 N–H and O–H groups in total. The van der Waals surface area contributed by atoms with Crippen LogP contribution in [0, 0.1) is 6.08 Å². The molecule has 0 atom stereocenters. The number of allylic oxidation sites excluding steroid dienone is 4. The van der Waals surface area contributed by atoms with Crippen molar-refractivity contribution in [3.63, 3.8) is 0 Å². The Morgan fingerprint density at radius 2 is 2.08 bits per heavy atom. The van der Waals surface area contributed by atoms with Crippen molar-refractivity contribution in [2.24, 2.45) is 0 Å². The fourth-order valence-electron chi connectivity index (χ4n) is 0.383. The molecule has 1 aliphatic carbocycles. The summed E-state index contributed by atoms with van der Waals surface area (Å²) in [5.41, 5.74) is 0. The van der Waals surface area contributed by atoms with Gasteiger partial charge in [-0.2, -0.15) is 6.08 Å². The molecule has 0 amide bonds. The molecule has 0 fully saturated rings. The molecule has 0 unspecified atom stereocenters. The Morgan fingerprint density at radius 1 is 1.46 bits per heavy atom. The average molecular weight is 685 g/mol. The van der Waals surface area contributed by atoms with Crippen LogP contribution in [0.25, 0.3) is 0 Å². The molecule has 0 nitrogen and oxygen atoms in total. The molecule has 0 bridgehead atoms. The molecule has 1 aliphatic rings. The fraction of sp³-hybridized carbons (Fsp3) is 0.125. The Bertz CT molecular complexity index is 155. The van der Waals surface area contributed by atoms with Gasteiger partial charge in [-0.1, -0.05) is 0 Å². The van der Waals surface area contributed by atoms with E-state index in [2.05, 4.69) is 19.7 Å². The van der Waals surface area contributed by atoms with Gasteiger partial charge in [0.25, 0.3) is 0 Å². The van der Waals surface area contributed by atoms with Gasteiger partial charge in [-0.05, 0) is 0 Å². The van der Waals surface area contributed by atoms with Gasteiger partial charge in [0.1, 0.15) is 0 Å². The Kier molecular flexibility index (Phi) is 45.0. The van der Waals surface area contributed by atoms with Gasteiger partial charge in [-0.3, -0.25) is 6.08 Å². The summed E-state index contributed by atoms with van der Waals surface area (Å²) in [6.45, 7) is 0. The van der Waals surface area contributed by atoms with Crippen molar-refractivity contribution in [2.45, 2.75) is 6.42 Å². The van der Waals surface area contributed by atoms with Gasteiger partial charge in [0.05, 0.1) is 0 Å². The maximum atomic E-state index is 5.26. The van der Waals surface area contributed by atoms with Crippen molar-refractivity contribution in [1.29, 1.82) is 0 Å². The van der Waals surface area contributed by atoms with Crippen LogP contribution in [0.5, 0.6) is 0 Å². The minimum absolute atomic E-state index is 0. The molecule has 5 heteroatoms. The van der Waals surface area contributed by atoms with E-state index >= 15 is 0 Å². The molecule has 13 heavy (non-hydrogen) atoms. The third kappa shape index (κ3) is 25.0. The molecule has 0 saturated heterocycles. The van der Waals surface area contributed by atoms with Gasteiger partial charge in [0.2, 0.25) is 0 Å². The molecule has 0 saturated carbocycles. The van der Waals surface area contributed by atoms with E-state index in [0.29, 0.717) is 0 Å². The molecule has 0 aromatic heterocycles. The van der Waals surface area contributed by atoms with E-state index in [0.717, 1.165) is 6.42 Å². The third-order valence-electron chi connectivity index (χ3n) is 0.746. The predicted octanol–water partition coefficient (Wildman–Crippen LogP) is -5.32. The van der Waals surface area contributed by atoms with Gasteiger partial charge in [-0.25, -0.2) is 12.2 Å². The maximum Gasteiger partial charge on any atom is 4.00 e. The second-order valence-corrected chi connectivity index (χ2v) is 5.08. The molecule has 0 aliphatic heterocycles. The molecule has 0 heterocycles. The van der Waals surface area contributed by atoms with Crippen molar-refractivity contribution in [1.82, 2.24) is 0 Å². The summed E-state index contributed by atoms with van der Waals surface area (Å²) >= 11 is 0.672. The normalized spacial score (nSPS) is 10.2. The summed E-state index contributed by atoms with van der Waals surface area (Å²) in [7, 11) is 0. The summed E-state index contributed by atoms with van der Waals surface area (Å²) in [5, 5.41) is 0. The first kappa shape index (κ1) is 24.5. The van der Waals surface area contributed by atoms with E-state index in [-0.39, 0.29) is 51.0 Å². The van der Waals surface area contributed by atoms with E-state index in [1.807, 2.05) is 12.2 Å². The molecule has 0 spiro atoms. The first-order chi connectivity index (χ1) is 4.91. The van der Waals surface area contributed by atoms with E-state index in [9.17, 15) is 0 Å². The zero-order chi connectivity index (χ0) is 7.66. The molecule has 1 rings (SSSR count). The summed E-state index contributed by atoms with van der Waals surface area (Å²) < 4.78 is 9.55. The third-order valence-corrected chi connectivity index (χ3v) is 7.08. The molecule has 0 aromatic rings. The largest absolute Gasteiger partial charge is 4.00 e. The standard InChI is InChI=1S/C5H5.C2H2.CH.2Bi.2ClH.Zr.H/c1-2-4-5-3-1;1-2;;;;;;;/h1-3H,4H2;1-2H;1H;;;2*1H;;/q-1;;-1;;;;;+4;/p-2. The predicted molar refractivity (Wildman–Crippen MR) is 49.7 cm³/mol. The fourth-order valence-corrected chi connectivity index (χ4v) is 3.65. The van der Waals surface area contributed by atoms with E-state index in [1.165, 1.54) is 24.7 Å². The van der Waals surface area contributed by atoms with Crippen LogP contribution in [0.15, 0.2) is 25.8 Å². The summed E-state index contributed by atoms with van der Waals surface area (Å²) in [6.07, 6.45) is 10.0. The first-order valence-electron chi connectivity index (χ1n) is 2.86. The summed E-state index contributed by atoms with van der Waals surface area (Å²) in [5.74, 6) is 0. The van der Waals surface area contributed by atoms with Crippen molar-refractivity contribution >= 4 is 51.7 Å². The maximum absolute atomic E-state index is 5.26. The molecule has 69 valence electrons. The molecule has 0 aromatic carbocycles. The van der Waals surface area contributed by atoms with Crippen molar-refractivity contribution < 1.29 is 51.0 Å². The van der Waals surface area contributed by atoms with Crippen LogP contribution in [0.4, 0.5) is 0 Å². The van der Waals surface area contributed by atoms with Crippen LogP contribution in [0.2, 0.25) is 0 Å². The van der Waals surface area contributed by atoms with E-state index in [1.54, 1.807) is 0 Å². The monoisotopic (exact) mass is 683 g/mol. The number of hydrogen-bond acceptors (Lipinski definition) is 0. The summed E-state index contributed by atoms with van der Waals surface area (Å²) in [6, 6.07) is 0. The van der Waals surface area contributed by atoms with Gasteiger partial charge >= 0.3 is 85.5 Å². The average Bonchev–Trinajstić information content (AvgIpc) is 2.44. The van der Waals surface area contributed by atoms with Gasteiger partial charge < -0.3 is 24.8 Å². The van der Waals surface area contributed by atoms with Gasteiger partial charge in [-0.15, -0.1) is 6.42 Å². The molecular weight excluding hydrogens is 676 g/mol. The second kappa shape index (κ2) is 23.9. The van der Waals surface area contributed by atoms with Gasteiger partial charge in [0.15, 0.2) is 0 Å². The number of rotatable bonds is 1. The van der Waals surface area contributed by atoms with Gasteiger partial charge in [0, 0.05) is 0 Å². The van der Waals surface area contributed by atoms with E-state index in [4.69, 9.17) is 4.21 Å². The second-order valence-electron chi connectivity index (χ2n) is 1.47. The zero-order valence-electron chi connectivity index (χ0n) is 6.87. The molecule has 1 radical (unpaired) electrons. The topological polar surface area (TPSA) is 0 Å². The zero-order valence-corrected chi connectivity index (χ0v) is 18.2. The SMILES string of the molecule is [C-]1=CC=CC1.[CH-]=[Bi][CH]=[CH][BiH].[Cl-].[Cl-].[Zr+4]. The van der Waals surface area contributed by atoms with Crippen LogP contribution in [0.3, 0.4) is 0 Å². The number of hydrogen-bond donors (Lipinski definition) is 0. The van der Waals surface area contributed by atoms with Crippen LogP contribution in [-0.2, 0) is 26.2 Å². The Morgan fingerprint density at radius 3 is 2.15 bits per heavy atom. The first-order valence-corrected chi connectivity index (χ1v) is 9.11. The minimum atomic E-state index is -0.511. The van der Waals surface area contributed by atoms with Crippen molar-refractivity contribution in [3.8, 4) is 0 Å². The van der Waals surface area contributed by atoms with Crippen molar-refractivity contribution in [2.75, 3.05) is 0 Å².